The van der Waals surface area contributed by atoms with Gasteiger partial charge in [0.25, 0.3) is 5.91 Å². The number of unbranched alkanes of at least 4 members (excludes halogenated alkanes) is 6. The SMILES string of the molecule is CCCCCCCCCNC(=O)c1c(F)c(F)c(F)c(F)c1F. The molecule has 0 fully saturated rings. The highest BCUT2D eigenvalue weighted by Gasteiger charge is 2.29. The molecular weight excluding hydrogens is 317 g/mol. The standard InChI is InChI=1S/C16H20F5NO/c1-2-3-4-5-6-7-8-9-22-16(23)10-11(17)13(19)15(21)14(20)12(10)18/h2-9H2,1H3,(H,22,23). The van der Waals surface area contributed by atoms with E-state index in [2.05, 4.69) is 12.2 Å². The van der Waals surface area contributed by atoms with Gasteiger partial charge in [-0.2, -0.15) is 0 Å². The number of carbonyl (C=O) groups excluding carboxylic acids is 1. The zero-order valence-electron chi connectivity index (χ0n) is 13.0. The topological polar surface area (TPSA) is 29.1 Å². The lowest BCUT2D eigenvalue weighted by molar-refractivity contribution is 0.0941. The lowest BCUT2D eigenvalue weighted by atomic mass is 10.1. The van der Waals surface area contributed by atoms with Crippen molar-refractivity contribution in [2.75, 3.05) is 6.54 Å². The second-order valence-electron chi connectivity index (χ2n) is 5.32. The van der Waals surface area contributed by atoms with Gasteiger partial charge in [-0.3, -0.25) is 4.79 Å². The van der Waals surface area contributed by atoms with E-state index >= 15 is 0 Å². The highest BCUT2D eigenvalue weighted by atomic mass is 19.2. The fraction of sp³-hybridized carbons (Fsp3) is 0.562. The van der Waals surface area contributed by atoms with Crippen molar-refractivity contribution in [3.8, 4) is 0 Å². The molecule has 0 aliphatic heterocycles. The summed E-state index contributed by atoms with van der Waals surface area (Å²) in [4.78, 5) is 11.6. The van der Waals surface area contributed by atoms with Crippen molar-refractivity contribution in [2.24, 2.45) is 0 Å². The van der Waals surface area contributed by atoms with Gasteiger partial charge in [0.1, 0.15) is 5.56 Å². The van der Waals surface area contributed by atoms with Crippen LogP contribution in [0.5, 0.6) is 0 Å². The molecule has 0 unspecified atom stereocenters. The molecule has 0 radical (unpaired) electrons. The van der Waals surface area contributed by atoms with Crippen molar-refractivity contribution >= 4 is 5.91 Å². The third kappa shape index (κ3) is 5.18. The van der Waals surface area contributed by atoms with Gasteiger partial charge in [-0.25, -0.2) is 22.0 Å². The van der Waals surface area contributed by atoms with Gasteiger partial charge >= 0.3 is 0 Å². The number of amides is 1. The maximum Gasteiger partial charge on any atom is 0.257 e. The number of benzene rings is 1. The van der Waals surface area contributed by atoms with E-state index < -0.39 is 40.6 Å². The van der Waals surface area contributed by atoms with Gasteiger partial charge in [0.15, 0.2) is 23.3 Å². The summed E-state index contributed by atoms with van der Waals surface area (Å²) in [7, 11) is 0. The van der Waals surface area contributed by atoms with E-state index in [-0.39, 0.29) is 6.54 Å². The minimum absolute atomic E-state index is 0.117. The molecule has 0 aromatic heterocycles. The smallest absolute Gasteiger partial charge is 0.257 e. The Morgan fingerprint density at radius 1 is 0.739 bits per heavy atom. The zero-order valence-corrected chi connectivity index (χ0v) is 13.0. The van der Waals surface area contributed by atoms with Crippen LogP contribution in [-0.4, -0.2) is 12.5 Å². The van der Waals surface area contributed by atoms with Crippen LogP contribution in [0.2, 0.25) is 0 Å². The van der Waals surface area contributed by atoms with Crippen LogP contribution < -0.4 is 5.32 Å². The second kappa shape index (κ2) is 9.47. The Hall–Kier alpha value is -1.66. The van der Waals surface area contributed by atoms with Crippen molar-refractivity contribution in [1.82, 2.24) is 5.32 Å². The molecule has 0 atom stereocenters. The summed E-state index contributed by atoms with van der Waals surface area (Å²) in [6, 6.07) is 0. The first-order chi connectivity index (χ1) is 10.9. The minimum atomic E-state index is -2.27. The molecular formula is C16H20F5NO. The van der Waals surface area contributed by atoms with Crippen LogP contribution in [0.4, 0.5) is 22.0 Å². The van der Waals surface area contributed by atoms with E-state index in [4.69, 9.17) is 0 Å². The number of halogens is 5. The van der Waals surface area contributed by atoms with Crippen LogP contribution in [0.3, 0.4) is 0 Å². The molecule has 1 aromatic rings. The van der Waals surface area contributed by atoms with Crippen LogP contribution in [0.15, 0.2) is 0 Å². The van der Waals surface area contributed by atoms with Gasteiger partial charge in [-0.15, -0.1) is 0 Å². The summed E-state index contributed by atoms with van der Waals surface area (Å²) in [6.07, 6.45) is 6.87. The minimum Gasteiger partial charge on any atom is -0.352 e. The predicted octanol–water partition coefficient (Wildman–Crippen LogP) is 4.86. The molecule has 0 aliphatic carbocycles. The van der Waals surface area contributed by atoms with Gasteiger partial charge in [0.05, 0.1) is 0 Å². The average Bonchev–Trinajstić information content (AvgIpc) is 2.53. The molecule has 1 aromatic carbocycles. The molecule has 0 spiro atoms. The predicted molar refractivity (Wildman–Crippen MR) is 76.6 cm³/mol. The van der Waals surface area contributed by atoms with Crippen LogP contribution in [-0.2, 0) is 0 Å². The van der Waals surface area contributed by atoms with Crippen LogP contribution in [0, 0.1) is 29.1 Å². The quantitative estimate of drug-likeness (QED) is 0.296. The molecule has 130 valence electrons. The monoisotopic (exact) mass is 337 g/mol. The first-order valence-electron chi connectivity index (χ1n) is 7.71. The van der Waals surface area contributed by atoms with E-state index in [0.29, 0.717) is 6.42 Å². The van der Waals surface area contributed by atoms with Crippen molar-refractivity contribution in [2.45, 2.75) is 51.9 Å². The Morgan fingerprint density at radius 2 is 1.17 bits per heavy atom. The van der Waals surface area contributed by atoms with Crippen LogP contribution in [0.25, 0.3) is 0 Å². The highest BCUT2D eigenvalue weighted by Crippen LogP contribution is 2.22. The summed E-state index contributed by atoms with van der Waals surface area (Å²) in [5.74, 6) is -12.0. The number of rotatable bonds is 9. The molecule has 1 N–H and O–H groups in total. The summed E-state index contributed by atoms with van der Waals surface area (Å²) >= 11 is 0. The number of nitrogens with one attached hydrogen (secondary N) is 1. The largest absolute Gasteiger partial charge is 0.352 e. The summed E-state index contributed by atoms with van der Waals surface area (Å²) in [5, 5.41) is 2.18. The maximum atomic E-state index is 13.4. The zero-order chi connectivity index (χ0) is 17.4. The molecule has 1 amide bonds. The lowest BCUT2D eigenvalue weighted by Gasteiger charge is -2.09. The summed E-state index contributed by atoms with van der Waals surface area (Å²) in [6.45, 7) is 2.22. The Labute approximate surface area is 132 Å². The first-order valence-corrected chi connectivity index (χ1v) is 7.71. The van der Waals surface area contributed by atoms with E-state index in [0.717, 1.165) is 38.5 Å². The molecule has 0 saturated heterocycles. The molecule has 0 aliphatic rings. The fourth-order valence-electron chi connectivity index (χ4n) is 2.18. The number of carbonyl (C=O) groups is 1. The van der Waals surface area contributed by atoms with Crippen LogP contribution in [0.1, 0.15) is 62.2 Å². The molecule has 0 bridgehead atoms. The van der Waals surface area contributed by atoms with Crippen molar-refractivity contribution in [1.29, 1.82) is 0 Å². The van der Waals surface area contributed by atoms with Gasteiger partial charge in [0, 0.05) is 6.54 Å². The molecule has 7 heteroatoms. The Balaban J connectivity index is 2.50. The average molecular weight is 337 g/mol. The Kier molecular flexibility index (Phi) is 7.98. The van der Waals surface area contributed by atoms with Crippen molar-refractivity contribution in [3.63, 3.8) is 0 Å². The van der Waals surface area contributed by atoms with Crippen molar-refractivity contribution in [3.05, 3.63) is 34.6 Å². The molecule has 23 heavy (non-hydrogen) atoms. The fourth-order valence-corrected chi connectivity index (χ4v) is 2.18. The second-order valence-corrected chi connectivity index (χ2v) is 5.32. The van der Waals surface area contributed by atoms with Gasteiger partial charge in [0.2, 0.25) is 5.82 Å². The number of hydrogen-bond acceptors (Lipinski definition) is 1. The van der Waals surface area contributed by atoms with Crippen molar-refractivity contribution < 1.29 is 26.7 Å². The summed E-state index contributed by atoms with van der Waals surface area (Å²) < 4.78 is 65.7. The number of hydrogen-bond donors (Lipinski definition) is 1. The summed E-state index contributed by atoms with van der Waals surface area (Å²) in [5.41, 5.74) is -1.44. The van der Waals surface area contributed by atoms with E-state index in [1.54, 1.807) is 0 Å². The third-order valence-corrected chi connectivity index (χ3v) is 3.50. The lowest BCUT2D eigenvalue weighted by Crippen LogP contribution is -2.28. The van der Waals surface area contributed by atoms with Gasteiger partial charge in [-0.1, -0.05) is 45.4 Å². The molecule has 1 rings (SSSR count). The molecule has 2 nitrogen and oxygen atoms in total. The normalized spacial score (nSPS) is 10.9. The Morgan fingerprint density at radius 3 is 1.70 bits per heavy atom. The van der Waals surface area contributed by atoms with Crippen LogP contribution >= 0.6 is 0 Å². The molecule has 0 saturated carbocycles. The van der Waals surface area contributed by atoms with E-state index in [9.17, 15) is 26.7 Å². The Bertz CT molecular complexity index is 519. The highest BCUT2D eigenvalue weighted by molar-refractivity contribution is 5.94. The molecule has 0 heterocycles. The van der Waals surface area contributed by atoms with E-state index in [1.807, 2.05) is 0 Å². The van der Waals surface area contributed by atoms with E-state index in [1.165, 1.54) is 0 Å². The first kappa shape index (κ1) is 19.4. The van der Waals surface area contributed by atoms with Gasteiger partial charge in [-0.05, 0) is 6.42 Å². The third-order valence-electron chi connectivity index (χ3n) is 3.50. The maximum absolute atomic E-state index is 13.4. The van der Waals surface area contributed by atoms with Gasteiger partial charge < -0.3 is 5.32 Å².